The molecule has 1 aromatic heterocycles. The lowest BCUT2D eigenvalue weighted by molar-refractivity contribution is 0.0974. The van der Waals surface area contributed by atoms with Crippen molar-refractivity contribution in [1.29, 1.82) is 0 Å². The van der Waals surface area contributed by atoms with Crippen LogP contribution >= 0.6 is 0 Å². The zero-order valence-electron chi connectivity index (χ0n) is 8.57. The van der Waals surface area contributed by atoms with Crippen LogP contribution in [0.3, 0.4) is 0 Å². The Morgan fingerprint density at radius 3 is 2.46 bits per heavy atom. The van der Waals surface area contributed by atoms with Crippen LogP contribution < -0.4 is 5.73 Å². The lowest BCUT2D eigenvalue weighted by Gasteiger charge is -2.25. The third-order valence-corrected chi connectivity index (χ3v) is 2.24. The molecule has 0 aliphatic carbocycles. The van der Waals surface area contributed by atoms with E-state index in [-0.39, 0.29) is 0 Å². The number of hydrogen-bond acceptors (Lipinski definition) is 3. The van der Waals surface area contributed by atoms with E-state index in [1.807, 2.05) is 18.5 Å². The number of rotatable bonds is 2. The van der Waals surface area contributed by atoms with Crippen LogP contribution in [0.1, 0.15) is 31.5 Å². The minimum atomic E-state index is -0.682. The van der Waals surface area contributed by atoms with Crippen LogP contribution in [0, 0.1) is 6.92 Å². The number of aromatic nitrogens is 2. The molecule has 0 saturated heterocycles. The number of nitrogens with zero attached hydrogens (tertiary/aromatic N) is 2. The van der Waals surface area contributed by atoms with E-state index < -0.39 is 11.6 Å². The van der Waals surface area contributed by atoms with Gasteiger partial charge in [-0.1, -0.05) is 0 Å². The Morgan fingerprint density at radius 2 is 2.15 bits per heavy atom. The first-order valence-electron chi connectivity index (χ1n) is 4.29. The monoisotopic (exact) mass is 183 g/mol. The molecule has 1 aromatic rings. The quantitative estimate of drug-likeness (QED) is 0.701. The van der Waals surface area contributed by atoms with E-state index in [1.165, 1.54) is 0 Å². The molecule has 0 amide bonds. The van der Waals surface area contributed by atoms with Gasteiger partial charge in [-0.15, -0.1) is 0 Å². The van der Waals surface area contributed by atoms with Crippen molar-refractivity contribution in [3.63, 3.8) is 0 Å². The molecule has 1 rings (SSSR count). The second kappa shape index (κ2) is 3.12. The molecular weight excluding hydrogens is 166 g/mol. The highest BCUT2D eigenvalue weighted by atomic mass is 16.3. The van der Waals surface area contributed by atoms with Crippen molar-refractivity contribution in [3.8, 4) is 0 Å². The molecule has 0 fully saturated rings. The molecule has 0 aromatic carbocycles. The Hall–Kier alpha value is -0.870. The molecule has 0 radical (unpaired) electrons. The van der Waals surface area contributed by atoms with Gasteiger partial charge in [0.05, 0.1) is 11.9 Å². The molecule has 0 aliphatic rings. The highest BCUT2D eigenvalue weighted by Gasteiger charge is 2.27. The van der Waals surface area contributed by atoms with Crippen molar-refractivity contribution in [2.75, 3.05) is 0 Å². The van der Waals surface area contributed by atoms with Gasteiger partial charge >= 0.3 is 0 Å². The molecule has 3 N–H and O–H groups in total. The maximum Gasteiger partial charge on any atom is 0.113 e. The summed E-state index contributed by atoms with van der Waals surface area (Å²) in [6, 6.07) is 0. The third-order valence-electron chi connectivity index (χ3n) is 2.24. The topological polar surface area (TPSA) is 64.1 Å². The molecule has 0 spiro atoms. The fraction of sp³-hybridized carbons (Fsp3) is 0.667. The molecule has 0 saturated carbocycles. The molecule has 1 heterocycles. The van der Waals surface area contributed by atoms with E-state index in [0.717, 1.165) is 11.5 Å². The number of aryl methyl sites for hydroxylation is 1. The highest BCUT2D eigenvalue weighted by Crippen LogP contribution is 2.22. The van der Waals surface area contributed by atoms with Crippen molar-refractivity contribution >= 4 is 0 Å². The summed E-state index contributed by atoms with van der Waals surface area (Å²) >= 11 is 0. The molecular formula is C9H17N3O. The molecule has 4 heteroatoms. The first kappa shape index (κ1) is 10.2. The zero-order valence-corrected chi connectivity index (χ0v) is 8.57. The fourth-order valence-corrected chi connectivity index (χ4v) is 1.15. The summed E-state index contributed by atoms with van der Waals surface area (Å²) in [4.78, 5) is 4.10. The van der Waals surface area contributed by atoms with E-state index in [1.54, 1.807) is 20.0 Å². The van der Waals surface area contributed by atoms with Gasteiger partial charge in [0.25, 0.3) is 0 Å². The summed E-state index contributed by atoms with van der Waals surface area (Å²) in [6.07, 6.45) is 0.980. The summed E-state index contributed by atoms with van der Waals surface area (Å²) < 4.78 is 1.85. The van der Waals surface area contributed by atoms with Gasteiger partial charge in [0, 0.05) is 12.6 Å². The van der Waals surface area contributed by atoms with Crippen LogP contribution in [0.2, 0.25) is 0 Å². The van der Waals surface area contributed by atoms with E-state index in [0.29, 0.717) is 0 Å². The Balaban J connectivity index is 3.02. The van der Waals surface area contributed by atoms with E-state index >= 15 is 0 Å². The molecule has 1 unspecified atom stereocenters. The molecule has 0 aliphatic heterocycles. The third kappa shape index (κ3) is 1.89. The average Bonchev–Trinajstić information content (AvgIpc) is 2.30. The lowest BCUT2D eigenvalue weighted by atomic mass is 9.96. The number of imidazole rings is 1. The summed E-state index contributed by atoms with van der Waals surface area (Å²) in [6.45, 7) is 5.47. The van der Waals surface area contributed by atoms with E-state index in [2.05, 4.69) is 4.98 Å². The largest absolute Gasteiger partial charge is 0.385 e. The van der Waals surface area contributed by atoms with Crippen LogP contribution in [0.4, 0.5) is 0 Å². The van der Waals surface area contributed by atoms with Gasteiger partial charge in [-0.05, 0) is 20.8 Å². The molecule has 74 valence electrons. The summed E-state index contributed by atoms with van der Waals surface area (Å²) in [5.74, 6) is 0.873. The number of aliphatic hydroxyl groups excluding tert-OH is 1. The predicted molar refractivity (Wildman–Crippen MR) is 51.2 cm³/mol. The van der Waals surface area contributed by atoms with Crippen molar-refractivity contribution in [3.05, 3.63) is 17.7 Å². The molecule has 0 bridgehead atoms. The predicted octanol–water partition coefficient (Wildman–Crippen LogP) is 0.499. The Kier molecular flexibility index (Phi) is 2.45. The molecule has 1 atom stereocenters. The van der Waals surface area contributed by atoms with Gasteiger partial charge in [-0.2, -0.15) is 0 Å². The molecule has 13 heavy (non-hydrogen) atoms. The van der Waals surface area contributed by atoms with Gasteiger partial charge in [-0.25, -0.2) is 4.98 Å². The summed E-state index contributed by atoms with van der Waals surface area (Å²) in [5, 5.41) is 9.87. The number of hydrogen-bond donors (Lipinski definition) is 2. The smallest absolute Gasteiger partial charge is 0.113 e. The van der Waals surface area contributed by atoms with Crippen molar-refractivity contribution < 1.29 is 5.11 Å². The van der Waals surface area contributed by atoms with E-state index in [9.17, 15) is 5.11 Å². The van der Waals surface area contributed by atoms with Gasteiger partial charge < -0.3 is 15.4 Å². The maximum absolute atomic E-state index is 9.87. The van der Waals surface area contributed by atoms with E-state index in [4.69, 9.17) is 5.73 Å². The van der Waals surface area contributed by atoms with Crippen LogP contribution in [0.5, 0.6) is 0 Å². The van der Waals surface area contributed by atoms with Gasteiger partial charge in [-0.3, -0.25) is 0 Å². The van der Waals surface area contributed by atoms with Crippen molar-refractivity contribution in [2.24, 2.45) is 12.8 Å². The van der Waals surface area contributed by atoms with Gasteiger partial charge in [0.15, 0.2) is 0 Å². The van der Waals surface area contributed by atoms with Crippen LogP contribution in [-0.2, 0) is 7.05 Å². The van der Waals surface area contributed by atoms with Crippen LogP contribution in [0.15, 0.2) is 6.20 Å². The maximum atomic E-state index is 9.87. The Morgan fingerprint density at radius 1 is 1.62 bits per heavy atom. The standard InChI is InChI=1S/C9H17N3O/c1-6-11-5-7(12(6)4)8(13)9(2,3)10/h5,8,13H,10H2,1-4H3. The number of aliphatic hydroxyl groups is 1. The number of nitrogens with two attached hydrogens (primary N) is 1. The first-order chi connectivity index (χ1) is 5.84. The second-order valence-electron chi connectivity index (χ2n) is 4.01. The Labute approximate surface area is 78.4 Å². The Bertz CT molecular complexity index is 298. The first-order valence-corrected chi connectivity index (χ1v) is 4.29. The summed E-state index contributed by atoms with van der Waals surface area (Å²) in [7, 11) is 1.87. The molecule has 4 nitrogen and oxygen atoms in total. The lowest BCUT2D eigenvalue weighted by Crippen LogP contribution is -2.40. The minimum Gasteiger partial charge on any atom is -0.385 e. The van der Waals surface area contributed by atoms with Crippen LogP contribution in [-0.4, -0.2) is 20.2 Å². The zero-order chi connectivity index (χ0) is 10.2. The second-order valence-corrected chi connectivity index (χ2v) is 4.01. The van der Waals surface area contributed by atoms with Gasteiger partial charge in [0.2, 0.25) is 0 Å². The summed E-state index contributed by atoms with van der Waals surface area (Å²) in [5.41, 5.74) is 5.91. The normalized spacial score (nSPS) is 14.6. The fourth-order valence-electron chi connectivity index (χ4n) is 1.15. The average molecular weight is 183 g/mol. The van der Waals surface area contributed by atoms with Crippen LogP contribution in [0.25, 0.3) is 0 Å². The highest BCUT2D eigenvalue weighted by molar-refractivity contribution is 5.11. The van der Waals surface area contributed by atoms with Crippen molar-refractivity contribution in [2.45, 2.75) is 32.4 Å². The van der Waals surface area contributed by atoms with Crippen molar-refractivity contribution in [1.82, 2.24) is 9.55 Å². The minimum absolute atomic E-state index is 0.639. The SMILES string of the molecule is Cc1ncc(C(O)C(C)(C)N)n1C. The van der Waals surface area contributed by atoms with Gasteiger partial charge in [0.1, 0.15) is 11.9 Å².